The number of carbonyl (C=O) groups is 1. The molecule has 0 saturated carbocycles. The van der Waals surface area contributed by atoms with Gasteiger partial charge in [-0.15, -0.1) is 0 Å². The number of cyclic esters (lactones) is 1. The lowest BCUT2D eigenvalue weighted by atomic mass is 10.1. The van der Waals surface area contributed by atoms with Crippen molar-refractivity contribution in [1.82, 2.24) is 0 Å². The summed E-state index contributed by atoms with van der Waals surface area (Å²) in [4.78, 5) is 11.5. The van der Waals surface area contributed by atoms with E-state index in [0.717, 1.165) is 12.8 Å². The molecule has 0 bridgehead atoms. The van der Waals surface area contributed by atoms with E-state index >= 15 is 0 Å². The molecular weight excluding hydrogens is 224 g/mol. The van der Waals surface area contributed by atoms with Crippen LogP contribution in [0, 0.1) is 5.92 Å². The number of esters is 1. The molecule has 0 saturated heterocycles. The Morgan fingerprint density at radius 1 is 1.00 bits per heavy atom. The third-order valence-corrected chi connectivity index (χ3v) is 3.47. The van der Waals surface area contributed by atoms with Gasteiger partial charge >= 0.3 is 5.97 Å². The number of ether oxygens (including phenoxy) is 1. The van der Waals surface area contributed by atoms with Crippen molar-refractivity contribution in [3.63, 3.8) is 0 Å². The minimum Gasteiger partial charge on any atom is -0.465 e. The second-order valence-electron chi connectivity index (χ2n) is 5.46. The molecule has 1 aliphatic rings. The van der Waals surface area contributed by atoms with Gasteiger partial charge in [0.1, 0.15) is 0 Å². The molecule has 1 atom stereocenters. The Morgan fingerprint density at radius 2 is 1.61 bits per heavy atom. The van der Waals surface area contributed by atoms with Crippen LogP contribution < -0.4 is 0 Å². The van der Waals surface area contributed by atoms with Gasteiger partial charge < -0.3 is 4.74 Å². The Hall–Kier alpha value is -0.790. The van der Waals surface area contributed by atoms with E-state index in [2.05, 4.69) is 19.1 Å². The van der Waals surface area contributed by atoms with Gasteiger partial charge in [-0.05, 0) is 19.3 Å². The van der Waals surface area contributed by atoms with Crippen LogP contribution in [0.15, 0.2) is 12.2 Å². The first kappa shape index (κ1) is 15.3. The van der Waals surface area contributed by atoms with Gasteiger partial charge in [-0.25, -0.2) is 0 Å². The molecule has 0 aliphatic carbocycles. The van der Waals surface area contributed by atoms with Gasteiger partial charge in [-0.3, -0.25) is 4.79 Å². The van der Waals surface area contributed by atoms with E-state index in [9.17, 15) is 4.79 Å². The van der Waals surface area contributed by atoms with Crippen molar-refractivity contribution in [2.75, 3.05) is 6.61 Å². The maximum atomic E-state index is 11.5. The molecule has 1 unspecified atom stereocenters. The predicted octanol–water partition coefficient (Wildman–Crippen LogP) is 4.64. The zero-order valence-electron chi connectivity index (χ0n) is 11.8. The molecule has 0 aromatic rings. The van der Waals surface area contributed by atoms with Crippen molar-refractivity contribution in [1.29, 1.82) is 0 Å². The summed E-state index contributed by atoms with van der Waals surface area (Å²) in [5.74, 6) is 0.323. The van der Waals surface area contributed by atoms with Gasteiger partial charge in [0.15, 0.2) is 0 Å². The van der Waals surface area contributed by atoms with Crippen LogP contribution >= 0.6 is 0 Å². The number of allylic oxidation sites excluding steroid dienone is 1. The van der Waals surface area contributed by atoms with Crippen molar-refractivity contribution in [3.05, 3.63) is 12.2 Å². The number of hydrogen-bond donors (Lipinski definition) is 0. The monoisotopic (exact) mass is 252 g/mol. The molecule has 0 N–H and O–H groups in total. The number of hydrogen-bond acceptors (Lipinski definition) is 2. The van der Waals surface area contributed by atoms with Crippen LogP contribution in [0.1, 0.15) is 71.1 Å². The molecule has 104 valence electrons. The zero-order chi connectivity index (χ0) is 13.1. The minimum atomic E-state index is -0.0256. The van der Waals surface area contributed by atoms with Crippen molar-refractivity contribution >= 4 is 5.97 Å². The molecule has 0 amide bonds. The highest BCUT2D eigenvalue weighted by molar-refractivity contribution is 5.69. The lowest BCUT2D eigenvalue weighted by Crippen LogP contribution is -2.10. The van der Waals surface area contributed by atoms with Crippen LogP contribution in [0.4, 0.5) is 0 Å². The maximum Gasteiger partial charge on any atom is 0.305 e. The summed E-state index contributed by atoms with van der Waals surface area (Å²) in [7, 11) is 0. The molecule has 2 nitrogen and oxygen atoms in total. The second-order valence-corrected chi connectivity index (χ2v) is 5.46. The first-order chi connectivity index (χ1) is 8.79. The van der Waals surface area contributed by atoms with E-state index in [1.807, 2.05) is 0 Å². The average Bonchev–Trinajstić information content (AvgIpc) is 2.36. The Bertz CT molecular complexity index is 245. The van der Waals surface area contributed by atoms with Crippen molar-refractivity contribution in [3.8, 4) is 0 Å². The largest absolute Gasteiger partial charge is 0.465 e. The lowest BCUT2D eigenvalue weighted by Gasteiger charge is -2.09. The topological polar surface area (TPSA) is 26.3 Å². The summed E-state index contributed by atoms with van der Waals surface area (Å²) in [6.07, 6.45) is 16.3. The molecule has 18 heavy (non-hydrogen) atoms. The minimum absolute atomic E-state index is 0.0256. The summed E-state index contributed by atoms with van der Waals surface area (Å²) >= 11 is 0. The molecule has 1 aliphatic heterocycles. The summed E-state index contributed by atoms with van der Waals surface area (Å²) < 4.78 is 5.26. The van der Waals surface area contributed by atoms with E-state index in [1.54, 1.807) is 0 Å². The third kappa shape index (κ3) is 8.32. The predicted molar refractivity (Wildman–Crippen MR) is 75.4 cm³/mol. The Kier molecular flexibility index (Phi) is 8.62. The molecule has 1 rings (SSSR count). The molecular formula is C16H28O2. The fourth-order valence-corrected chi connectivity index (χ4v) is 2.27. The van der Waals surface area contributed by atoms with E-state index in [1.165, 1.54) is 44.9 Å². The fraction of sp³-hybridized carbons (Fsp3) is 0.812. The van der Waals surface area contributed by atoms with Crippen LogP contribution in [0.25, 0.3) is 0 Å². The molecule has 0 spiro atoms. The van der Waals surface area contributed by atoms with E-state index < -0.39 is 0 Å². The summed E-state index contributed by atoms with van der Waals surface area (Å²) in [5, 5.41) is 0. The van der Waals surface area contributed by atoms with E-state index in [0.29, 0.717) is 18.9 Å². The Labute approximate surface area is 112 Å². The Morgan fingerprint density at radius 3 is 2.33 bits per heavy atom. The van der Waals surface area contributed by atoms with Crippen molar-refractivity contribution < 1.29 is 9.53 Å². The molecule has 0 aromatic heterocycles. The number of rotatable bonds is 0. The maximum absolute atomic E-state index is 11.5. The smallest absolute Gasteiger partial charge is 0.305 e. The van der Waals surface area contributed by atoms with Crippen LogP contribution in [-0.4, -0.2) is 12.6 Å². The van der Waals surface area contributed by atoms with Gasteiger partial charge in [0, 0.05) is 12.3 Å². The third-order valence-electron chi connectivity index (χ3n) is 3.47. The summed E-state index contributed by atoms with van der Waals surface area (Å²) in [6.45, 7) is 2.64. The quantitative estimate of drug-likeness (QED) is 0.464. The van der Waals surface area contributed by atoms with E-state index in [4.69, 9.17) is 4.74 Å². The van der Waals surface area contributed by atoms with Crippen molar-refractivity contribution in [2.45, 2.75) is 71.1 Å². The molecule has 0 radical (unpaired) electrons. The summed E-state index contributed by atoms with van der Waals surface area (Å²) in [5.41, 5.74) is 0. The van der Waals surface area contributed by atoms with Crippen LogP contribution in [0.2, 0.25) is 0 Å². The first-order valence-corrected chi connectivity index (χ1v) is 7.61. The van der Waals surface area contributed by atoms with Gasteiger partial charge in [-0.2, -0.15) is 0 Å². The van der Waals surface area contributed by atoms with Gasteiger partial charge in [0.05, 0.1) is 6.61 Å². The van der Waals surface area contributed by atoms with Gasteiger partial charge in [-0.1, -0.05) is 57.6 Å². The molecule has 1 heterocycles. The highest BCUT2D eigenvalue weighted by Crippen LogP contribution is 2.12. The van der Waals surface area contributed by atoms with E-state index in [-0.39, 0.29) is 5.97 Å². The number of carbonyl (C=O) groups excluding carboxylic acids is 1. The SMILES string of the molecule is CC1C=CCCCCCCCCCCC(=O)OC1. The van der Waals surface area contributed by atoms with Crippen LogP contribution in [0.5, 0.6) is 0 Å². The molecule has 0 aromatic carbocycles. The van der Waals surface area contributed by atoms with Crippen LogP contribution in [0.3, 0.4) is 0 Å². The fourth-order valence-electron chi connectivity index (χ4n) is 2.27. The first-order valence-electron chi connectivity index (χ1n) is 7.61. The Balaban J connectivity index is 2.29. The molecule has 0 fully saturated rings. The highest BCUT2D eigenvalue weighted by atomic mass is 16.5. The van der Waals surface area contributed by atoms with Gasteiger partial charge in [0.25, 0.3) is 0 Å². The zero-order valence-corrected chi connectivity index (χ0v) is 11.8. The van der Waals surface area contributed by atoms with Crippen LogP contribution in [-0.2, 0) is 9.53 Å². The van der Waals surface area contributed by atoms with Crippen molar-refractivity contribution in [2.24, 2.45) is 5.92 Å². The highest BCUT2D eigenvalue weighted by Gasteiger charge is 2.05. The average molecular weight is 252 g/mol. The standard InChI is InChI=1S/C16H28O2/c1-15-12-10-8-6-4-2-3-5-7-9-11-13-16(17)18-14-15/h10,12,15H,2-9,11,13-14H2,1H3. The molecule has 2 heteroatoms. The van der Waals surface area contributed by atoms with Gasteiger partial charge in [0.2, 0.25) is 0 Å². The second kappa shape index (κ2) is 10.2. The lowest BCUT2D eigenvalue weighted by molar-refractivity contribution is -0.144. The normalized spacial score (nSPS) is 25.6. The summed E-state index contributed by atoms with van der Waals surface area (Å²) in [6, 6.07) is 0.